The van der Waals surface area contributed by atoms with E-state index in [-0.39, 0.29) is 12.5 Å². The van der Waals surface area contributed by atoms with Crippen molar-refractivity contribution in [1.29, 1.82) is 0 Å². The van der Waals surface area contributed by atoms with E-state index in [2.05, 4.69) is 33.9 Å². The Labute approximate surface area is 153 Å². The van der Waals surface area contributed by atoms with Crippen LogP contribution in [0.4, 0.5) is 0 Å². The van der Waals surface area contributed by atoms with Gasteiger partial charge in [0.15, 0.2) is 6.61 Å². The lowest BCUT2D eigenvalue weighted by Gasteiger charge is -2.34. The monoisotopic (exact) mass is 356 g/mol. The van der Waals surface area contributed by atoms with Gasteiger partial charge in [-0.15, -0.1) is 0 Å². The lowest BCUT2D eigenvalue weighted by Crippen LogP contribution is -2.49. The highest BCUT2D eigenvalue weighted by molar-refractivity contribution is 7.07. The van der Waals surface area contributed by atoms with Crippen molar-refractivity contribution in [3.63, 3.8) is 0 Å². The minimum atomic E-state index is 0.0932. The molecule has 1 aromatic carbocycles. The standard InChI is InChI=1S/C20H24N2O2S/c23-20(14-24-19-5-4-17-2-1-3-18(17)12-19)22-9-7-21(8-10-22)13-16-6-11-25-15-16/h4-6,11-12,15H,1-3,7-10,13-14H2. The molecule has 0 bridgehead atoms. The number of benzene rings is 1. The second-order valence-corrected chi connectivity index (χ2v) is 7.64. The van der Waals surface area contributed by atoms with E-state index in [0.29, 0.717) is 0 Å². The highest BCUT2D eigenvalue weighted by Crippen LogP contribution is 2.26. The van der Waals surface area contributed by atoms with Crippen LogP contribution in [-0.2, 0) is 24.2 Å². The Morgan fingerprint density at radius 1 is 1.08 bits per heavy atom. The molecule has 0 N–H and O–H groups in total. The van der Waals surface area contributed by atoms with E-state index in [0.717, 1.165) is 44.9 Å². The summed E-state index contributed by atoms with van der Waals surface area (Å²) < 4.78 is 5.75. The van der Waals surface area contributed by atoms with Gasteiger partial charge in [-0.3, -0.25) is 9.69 Å². The Morgan fingerprint density at radius 3 is 2.72 bits per heavy atom. The summed E-state index contributed by atoms with van der Waals surface area (Å²) in [6, 6.07) is 8.42. The molecule has 5 heteroatoms. The summed E-state index contributed by atoms with van der Waals surface area (Å²) in [4.78, 5) is 16.8. The van der Waals surface area contributed by atoms with Crippen molar-refractivity contribution in [1.82, 2.24) is 9.80 Å². The molecule has 0 atom stereocenters. The SMILES string of the molecule is O=C(COc1ccc2c(c1)CCC2)N1CCN(Cc2ccsc2)CC1. The van der Waals surface area contributed by atoms with Crippen LogP contribution in [0.1, 0.15) is 23.1 Å². The van der Waals surface area contributed by atoms with Gasteiger partial charge in [-0.2, -0.15) is 11.3 Å². The van der Waals surface area contributed by atoms with Gasteiger partial charge in [-0.1, -0.05) is 6.07 Å². The molecule has 132 valence electrons. The molecule has 2 aliphatic rings. The summed E-state index contributed by atoms with van der Waals surface area (Å²) in [5.74, 6) is 0.917. The third-order valence-electron chi connectivity index (χ3n) is 5.14. The minimum Gasteiger partial charge on any atom is -0.484 e. The zero-order valence-electron chi connectivity index (χ0n) is 14.4. The van der Waals surface area contributed by atoms with Crippen LogP contribution in [0.25, 0.3) is 0 Å². The first-order valence-corrected chi connectivity index (χ1v) is 9.98. The molecule has 25 heavy (non-hydrogen) atoms. The Morgan fingerprint density at radius 2 is 1.92 bits per heavy atom. The molecule has 1 aromatic heterocycles. The lowest BCUT2D eigenvalue weighted by molar-refractivity contribution is -0.135. The number of hydrogen-bond donors (Lipinski definition) is 0. The average Bonchev–Trinajstić information content (AvgIpc) is 3.31. The molecule has 0 spiro atoms. The van der Waals surface area contributed by atoms with Crippen molar-refractivity contribution in [3.8, 4) is 5.75 Å². The van der Waals surface area contributed by atoms with Crippen LogP contribution in [-0.4, -0.2) is 48.5 Å². The van der Waals surface area contributed by atoms with E-state index >= 15 is 0 Å². The van der Waals surface area contributed by atoms with Crippen LogP contribution >= 0.6 is 11.3 Å². The van der Waals surface area contributed by atoms with Gasteiger partial charge in [-0.25, -0.2) is 0 Å². The number of hydrogen-bond acceptors (Lipinski definition) is 4. The minimum absolute atomic E-state index is 0.0932. The summed E-state index contributed by atoms with van der Waals surface area (Å²) in [5.41, 5.74) is 4.18. The number of aryl methyl sites for hydroxylation is 2. The number of carbonyl (C=O) groups is 1. The van der Waals surface area contributed by atoms with Crippen LogP contribution in [0.3, 0.4) is 0 Å². The highest BCUT2D eigenvalue weighted by atomic mass is 32.1. The third kappa shape index (κ3) is 4.05. The summed E-state index contributed by atoms with van der Waals surface area (Å²) >= 11 is 1.74. The zero-order valence-corrected chi connectivity index (χ0v) is 15.3. The quantitative estimate of drug-likeness (QED) is 0.826. The lowest BCUT2D eigenvalue weighted by atomic mass is 10.1. The number of ether oxygens (including phenoxy) is 1. The molecule has 4 nitrogen and oxygen atoms in total. The maximum atomic E-state index is 12.4. The van der Waals surface area contributed by atoms with Gasteiger partial charge in [0.25, 0.3) is 5.91 Å². The van der Waals surface area contributed by atoms with Gasteiger partial charge in [0.1, 0.15) is 5.75 Å². The fraction of sp³-hybridized carbons (Fsp3) is 0.450. The number of rotatable bonds is 5. The largest absolute Gasteiger partial charge is 0.484 e. The molecule has 2 heterocycles. The normalized spacial score (nSPS) is 17.5. The Kier molecular flexibility index (Phi) is 5.04. The Hall–Kier alpha value is -1.85. The number of fused-ring (bicyclic) bond motifs is 1. The number of nitrogens with zero attached hydrogens (tertiary/aromatic N) is 2. The summed E-state index contributed by atoms with van der Waals surface area (Å²) in [7, 11) is 0. The van der Waals surface area contributed by atoms with E-state index in [1.165, 1.54) is 29.5 Å². The molecule has 0 radical (unpaired) electrons. The molecule has 1 aliphatic heterocycles. The maximum absolute atomic E-state index is 12.4. The van der Waals surface area contributed by atoms with Gasteiger partial charge in [0, 0.05) is 32.7 Å². The first-order valence-electron chi connectivity index (χ1n) is 9.04. The van der Waals surface area contributed by atoms with E-state index in [4.69, 9.17) is 4.74 Å². The molecular formula is C20H24N2O2S. The molecule has 0 saturated carbocycles. The molecule has 1 aliphatic carbocycles. The highest BCUT2D eigenvalue weighted by Gasteiger charge is 2.21. The topological polar surface area (TPSA) is 32.8 Å². The fourth-order valence-electron chi connectivity index (χ4n) is 3.67. The summed E-state index contributed by atoms with van der Waals surface area (Å²) in [5, 5.41) is 4.31. The predicted molar refractivity (Wildman–Crippen MR) is 100 cm³/mol. The van der Waals surface area contributed by atoms with E-state index in [1.54, 1.807) is 11.3 Å². The molecule has 0 unspecified atom stereocenters. The van der Waals surface area contributed by atoms with Crippen molar-refractivity contribution < 1.29 is 9.53 Å². The second-order valence-electron chi connectivity index (χ2n) is 6.86. The van der Waals surface area contributed by atoms with Crippen molar-refractivity contribution in [2.75, 3.05) is 32.8 Å². The molecule has 1 amide bonds. The average molecular weight is 356 g/mol. The van der Waals surface area contributed by atoms with Crippen LogP contribution in [0, 0.1) is 0 Å². The third-order valence-corrected chi connectivity index (χ3v) is 5.88. The predicted octanol–water partition coefficient (Wildman–Crippen LogP) is 2.96. The molecule has 2 aromatic rings. The smallest absolute Gasteiger partial charge is 0.260 e. The van der Waals surface area contributed by atoms with Gasteiger partial charge in [0.2, 0.25) is 0 Å². The summed E-state index contributed by atoms with van der Waals surface area (Å²) in [6.07, 6.45) is 3.53. The van der Waals surface area contributed by atoms with Crippen molar-refractivity contribution in [2.24, 2.45) is 0 Å². The molecular weight excluding hydrogens is 332 g/mol. The number of piperazine rings is 1. The van der Waals surface area contributed by atoms with Gasteiger partial charge >= 0.3 is 0 Å². The van der Waals surface area contributed by atoms with Gasteiger partial charge in [0.05, 0.1) is 0 Å². The molecule has 4 rings (SSSR count). The molecule has 1 saturated heterocycles. The van der Waals surface area contributed by atoms with Crippen LogP contribution in [0.15, 0.2) is 35.0 Å². The Bertz CT molecular complexity index is 721. The van der Waals surface area contributed by atoms with E-state index < -0.39 is 0 Å². The maximum Gasteiger partial charge on any atom is 0.260 e. The van der Waals surface area contributed by atoms with E-state index in [1.807, 2.05) is 11.0 Å². The van der Waals surface area contributed by atoms with Crippen molar-refractivity contribution in [3.05, 3.63) is 51.7 Å². The number of amides is 1. The summed E-state index contributed by atoms with van der Waals surface area (Å²) in [6.45, 7) is 4.56. The van der Waals surface area contributed by atoms with Gasteiger partial charge in [-0.05, 0) is 64.9 Å². The number of thiophene rings is 1. The van der Waals surface area contributed by atoms with Crippen LogP contribution in [0.5, 0.6) is 5.75 Å². The first kappa shape index (κ1) is 16.6. The fourth-order valence-corrected chi connectivity index (χ4v) is 4.33. The Balaban J connectivity index is 1.24. The van der Waals surface area contributed by atoms with Crippen LogP contribution < -0.4 is 4.74 Å². The van der Waals surface area contributed by atoms with E-state index in [9.17, 15) is 4.79 Å². The first-order chi connectivity index (χ1) is 12.3. The number of carbonyl (C=O) groups excluding carboxylic acids is 1. The van der Waals surface area contributed by atoms with Crippen molar-refractivity contribution in [2.45, 2.75) is 25.8 Å². The molecule has 1 fully saturated rings. The zero-order chi connectivity index (χ0) is 17.1. The van der Waals surface area contributed by atoms with Gasteiger partial charge < -0.3 is 9.64 Å². The van der Waals surface area contributed by atoms with Crippen molar-refractivity contribution >= 4 is 17.2 Å². The van der Waals surface area contributed by atoms with Crippen LogP contribution in [0.2, 0.25) is 0 Å². The second kappa shape index (κ2) is 7.58.